The number of rotatable bonds is 7. The lowest BCUT2D eigenvalue weighted by Crippen LogP contribution is -2.40. The van der Waals surface area contributed by atoms with E-state index in [1.165, 1.54) is 42.3 Å². The maximum atomic E-state index is 13.7. The Morgan fingerprint density at radius 2 is 1.62 bits per heavy atom. The standard InChI is InChI=1S/C18H20F2N2O3S/c1-21(12-15-5-3-4-6-17(15)20)18(23)13-22(26(2,24)25)11-14-7-9-16(19)10-8-14/h3-10H,11-13H2,1-2H3. The second-order valence-electron chi connectivity index (χ2n) is 6.00. The molecule has 2 rings (SSSR count). The second-order valence-corrected chi connectivity index (χ2v) is 7.98. The van der Waals surface area contributed by atoms with Crippen molar-refractivity contribution in [3.63, 3.8) is 0 Å². The zero-order valence-corrected chi connectivity index (χ0v) is 15.3. The van der Waals surface area contributed by atoms with Crippen LogP contribution in [-0.2, 0) is 27.9 Å². The van der Waals surface area contributed by atoms with E-state index >= 15 is 0 Å². The lowest BCUT2D eigenvalue weighted by molar-refractivity contribution is -0.130. The predicted octanol–water partition coefficient (Wildman–Crippen LogP) is 2.39. The number of carbonyl (C=O) groups excluding carboxylic acids is 1. The van der Waals surface area contributed by atoms with Crippen molar-refractivity contribution in [3.8, 4) is 0 Å². The number of sulfonamides is 1. The van der Waals surface area contributed by atoms with Crippen LogP contribution in [-0.4, -0.2) is 43.4 Å². The number of carbonyl (C=O) groups is 1. The zero-order valence-electron chi connectivity index (χ0n) is 14.5. The lowest BCUT2D eigenvalue weighted by Gasteiger charge is -2.24. The van der Waals surface area contributed by atoms with Gasteiger partial charge in [-0.3, -0.25) is 4.79 Å². The molecule has 0 aliphatic rings. The minimum absolute atomic E-state index is 0.0274. The molecule has 0 N–H and O–H groups in total. The van der Waals surface area contributed by atoms with Gasteiger partial charge in [0.1, 0.15) is 11.6 Å². The van der Waals surface area contributed by atoms with Crippen LogP contribution in [0, 0.1) is 11.6 Å². The summed E-state index contributed by atoms with van der Waals surface area (Å²) in [6.45, 7) is -0.417. The van der Waals surface area contributed by atoms with Gasteiger partial charge in [0.25, 0.3) is 0 Å². The van der Waals surface area contributed by atoms with Gasteiger partial charge in [0, 0.05) is 25.7 Å². The van der Waals surface area contributed by atoms with E-state index in [4.69, 9.17) is 0 Å². The Morgan fingerprint density at radius 1 is 1.00 bits per heavy atom. The summed E-state index contributed by atoms with van der Waals surface area (Å²) in [4.78, 5) is 13.7. The second kappa shape index (κ2) is 8.37. The normalized spacial score (nSPS) is 11.6. The van der Waals surface area contributed by atoms with Crippen molar-refractivity contribution in [2.24, 2.45) is 0 Å². The third-order valence-corrected chi connectivity index (χ3v) is 5.04. The summed E-state index contributed by atoms with van der Waals surface area (Å²) < 4.78 is 51.7. The number of amides is 1. The molecule has 0 fully saturated rings. The quantitative estimate of drug-likeness (QED) is 0.739. The van der Waals surface area contributed by atoms with E-state index in [0.717, 1.165) is 10.6 Å². The van der Waals surface area contributed by atoms with Crippen molar-refractivity contribution in [2.75, 3.05) is 19.8 Å². The van der Waals surface area contributed by atoms with Crippen LogP contribution in [0.4, 0.5) is 8.78 Å². The molecule has 0 bridgehead atoms. The third kappa shape index (κ3) is 5.60. The molecule has 0 unspecified atom stereocenters. The minimum atomic E-state index is -3.66. The molecular weight excluding hydrogens is 362 g/mol. The smallest absolute Gasteiger partial charge is 0.237 e. The topological polar surface area (TPSA) is 57.7 Å². The maximum Gasteiger partial charge on any atom is 0.237 e. The van der Waals surface area contributed by atoms with E-state index in [1.54, 1.807) is 18.2 Å². The Hall–Kier alpha value is -2.32. The molecule has 0 saturated heterocycles. The van der Waals surface area contributed by atoms with Gasteiger partial charge >= 0.3 is 0 Å². The predicted molar refractivity (Wildman–Crippen MR) is 94.5 cm³/mol. The van der Waals surface area contributed by atoms with Crippen LogP contribution >= 0.6 is 0 Å². The Balaban J connectivity index is 2.08. The Kier molecular flexibility index (Phi) is 6.44. The SMILES string of the molecule is CN(Cc1ccccc1F)C(=O)CN(Cc1ccc(F)cc1)S(C)(=O)=O. The van der Waals surface area contributed by atoms with Gasteiger partial charge in [0.05, 0.1) is 12.8 Å². The summed E-state index contributed by atoms with van der Waals surface area (Å²) in [7, 11) is -2.19. The molecule has 0 heterocycles. The van der Waals surface area contributed by atoms with Gasteiger partial charge in [0.2, 0.25) is 15.9 Å². The molecule has 0 aromatic heterocycles. The molecule has 8 heteroatoms. The maximum absolute atomic E-state index is 13.7. The highest BCUT2D eigenvalue weighted by Crippen LogP contribution is 2.12. The fourth-order valence-corrected chi connectivity index (χ4v) is 3.05. The van der Waals surface area contributed by atoms with Gasteiger partial charge in [0.15, 0.2) is 0 Å². The third-order valence-electron chi connectivity index (χ3n) is 3.84. The molecule has 5 nitrogen and oxygen atoms in total. The number of hydrogen-bond acceptors (Lipinski definition) is 3. The summed E-state index contributed by atoms with van der Waals surface area (Å²) in [6, 6.07) is 11.4. The molecule has 1 amide bonds. The number of nitrogens with zero attached hydrogens (tertiary/aromatic N) is 2. The van der Waals surface area contributed by atoms with Crippen LogP contribution < -0.4 is 0 Å². The Bertz CT molecular complexity index is 870. The number of likely N-dealkylation sites (N-methyl/N-ethyl adjacent to an activating group) is 1. The van der Waals surface area contributed by atoms with Gasteiger partial charge in [-0.25, -0.2) is 17.2 Å². The first kappa shape index (κ1) is 20.0. The summed E-state index contributed by atoms with van der Waals surface area (Å²) in [5.74, 6) is -1.33. The van der Waals surface area contributed by atoms with E-state index in [9.17, 15) is 22.0 Å². The highest BCUT2D eigenvalue weighted by molar-refractivity contribution is 7.88. The van der Waals surface area contributed by atoms with Crippen LogP contribution in [0.3, 0.4) is 0 Å². The largest absolute Gasteiger partial charge is 0.340 e. The molecule has 140 valence electrons. The molecule has 2 aromatic carbocycles. The van der Waals surface area contributed by atoms with Crippen molar-refractivity contribution in [1.82, 2.24) is 9.21 Å². The summed E-state index contributed by atoms with van der Waals surface area (Å²) >= 11 is 0. The zero-order chi connectivity index (χ0) is 19.3. The number of hydrogen-bond donors (Lipinski definition) is 0. The van der Waals surface area contributed by atoms with Crippen molar-refractivity contribution < 1.29 is 22.0 Å². The van der Waals surface area contributed by atoms with Gasteiger partial charge in [-0.2, -0.15) is 4.31 Å². The Labute approximate surface area is 151 Å². The first-order chi connectivity index (χ1) is 12.2. The summed E-state index contributed by atoms with van der Waals surface area (Å²) in [6.07, 6.45) is 1.00. The van der Waals surface area contributed by atoms with E-state index in [1.807, 2.05) is 0 Å². The van der Waals surface area contributed by atoms with Crippen molar-refractivity contribution in [3.05, 3.63) is 71.3 Å². The lowest BCUT2D eigenvalue weighted by atomic mass is 10.2. The number of halogens is 2. The highest BCUT2D eigenvalue weighted by atomic mass is 32.2. The molecule has 0 saturated carbocycles. The van der Waals surface area contributed by atoms with Crippen molar-refractivity contribution in [2.45, 2.75) is 13.1 Å². The first-order valence-corrected chi connectivity index (χ1v) is 9.68. The fourth-order valence-electron chi connectivity index (χ4n) is 2.33. The van der Waals surface area contributed by atoms with Crippen LogP contribution in [0.1, 0.15) is 11.1 Å². The van der Waals surface area contributed by atoms with Gasteiger partial charge < -0.3 is 4.90 Å². The fraction of sp³-hybridized carbons (Fsp3) is 0.278. The number of benzene rings is 2. The van der Waals surface area contributed by atoms with Gasteiger partial charge in [-0.1, -0.05) is 30.3 Å². The van der Waals surface area contributed by atoms with E-state index in [2.05, 4.69) is 0 Å². The average Bonchev–Trinajstić information content (AvgIpc) is 2.57. The van der Waals surface area contributed by atoms with E-state index in [0.29, 0.717) is 11.1 Å². The molecule has 0 spiro atoms. The average molecular weight is 382 g/mol. The van der Waals surface area contributed by atoms with Crippen LogP contribution in [0.5, 0.6) is 0 Å². The van der Waals surface area contributed by atoms with Crippen molar-refractivity contribution in [1.29, 1.82) is 0 Å². The van der Waals surface area contributed by atoms with Gasteiger partial charge in [-0.15, -0.1) is 0 Å². The van der Waals surface area contributed by atoms with Crippen molar-refractivity contribution >= 4 is 15.9 Å². The van der Waals surface area contributed by atoms with Crippen LogP contribution in [0.25, 0.3) is 0 Å². The molecule has 0 atom stereocenters. The molecule has 0 aliphatic carbocycles. The minimum Gasteiger partial charge on any atom is -0.340 e. The monoisotopic (exact) mass is 382 g/mol. The van der Waals surface area contributed by atoms with E-state index in [-0.39, 0.29) is 19.6 Å². The van der Waals surface area contributed by atoms with Crippen LogP contribution in [0.2, 0.25) is 0 Å². The highest BCUT2D eigenvalue weighted by Gasteiger charge is 2.23. The summed E-state index contributed by atoms with van der Waals surface area (Å²) in [5.41, 5.74) is 0.897. The molecule has 0 aliphatic heterocycles. The molecule has 0 radical (unpaired) electrons. The molecule has 26 heavy (non-hydrogen) atoms. The first-order valence-electron chi connectivity index (χ1n) is 7.84. The Morgan fingerprint density at radius 3 is 2.19 bits per heavy atom. The van der Waals surface area contributed by atoms with Gasteiger partial charge in [-0.05, 0) is 23.8 Å². The summed E-state index contributed by atoms with van der Waals surface area (Å²) in [5, 5.41) is 0. The van der Waals surface area contributed by atoms with Crippen LogP contribution in [0.15, 0.2) is 48.5 Å². The van der Waals surface area contributed by atoms with E-state index < -0.39 is 27.6 Å². The molecule has 2 aromatic rings. The molecular formula is C18H20F2N2O3S.